The minimum atomic E-state index is -0.861. The van der Waals surface area contributed by atoms with Crippen LogP contribution in [0.25, 0.3) is 0 Å². The van der Waals surface area contributed by atoms with Crippen LogP contribution in [0.1, 0.15) is 17.4 Å². The van der Waals surface area contributed by atoms with Gasteiger partial charge in [-0.3, -0.25) is 0 Å². The van der Waals surface area contributed by atoms with Gasteiger partial charge in [0.05, 0.1) is 13.2 Å². The number of rotatable bonds is 6. The predicted molar refractivity (Wildman–Crippen MR) is 122 cm³/mol. The summed E-state index contributed by atoms with van der Waals surface area (Å²) in [4.78, 5) is 1.02. The smallest absolute Gasteiger partial charge is 0.184 e. The van der Waals surface area contributed by atoms with E-state index in [4.69, 9.17) is 18.9 Å². The lowest BCUT2D eigenvalue weighted by Gasteiger charge is -2.47. The van der Waals surface area contributed by atoms with Gasteiger partial charge in [0.25, 0.3) is 0 Å². The van der Waals surface area contributed by atoms with Crippen LogP contribution in [0.3, 0.4) is 0 Å². The fraction of sp³-hybridized carbons (Fsp3) is 0.308. The number of benzene rings is 3. The quantitative estimate of drug-likeness (QED) is 0.594. The predicted octanol–water partition coefficient (Wildman–Crippen LogP) is 4.56. The molecule has 1 N–H and O–H groups in total. The molecule has 0 saturated carbocycles. The summed E-state index contributed by atoms with van der Waals surface area (Å²) in [6, 6.07) is 29.7. The Balaban J connectivity index is 1.36. The highest BCUT2D eigenvalue weighted by Crippen LogP contribution is 2.40. The minimum absolute atomic E-state index is 0.333. The molecule has 0 amide bonds. The number of ether oxygens (including phenoxy) is 4. The Bertz CT molecular complexity index is 971. The first kappa shape index (κ1) is 21.6. The van der Waals surface area contributed by atoms with Gasteiger partial charge in [-0.25, -0.2) is 0 Å². The maximum atomic E-state index is 11.3. The summed E-state index contributed by atoms with van der Waals surface area (Å²) in [6.45, 7) is 0.753. The summed E-state index contributed by atoms with van der Waals surface area (Å²) in [7, 11) is 0. The molecule has 5 nitrogen and oxygen atoms in total. The average Bonchev–Trinajstić information content (AvgIpc) is 2.86. The maximum absolute atomic E-state index is 11.3. The fourth-order valence-electron chi connectivity index (χ4n) is 4.03. The molecular weight excluding hydrogens is 424 g/mol. The largest absolute Gasteiger partial charge is 0.387 e. The van der Waals surface area contributed by atoms with E-state index in [0.717, 1.165) is 16.0 Å². The van der Waals surface area contributed by atoms with Crippen LogP contribution in [-0.4, -0.2) is 41.6 Å². The molecule has 0 aromatic heterocycles. The van der Waals surface area contributed by atoms with Crippen molar-refractivity contribution >= 4 is 11.8 Å². The molecule has 166 valence electrons. The van der Waals surface area contributed by atoms with Gasteiger partial charge in [-0.05, 0) is 17.7 Å². The molecule has 0 spiro atoms. The molecule has 32 heavy (non-hydrogen) atoms. The molecule has 0 aliphatic carbocycles. The lowest BCUT2D eigenvalue weighted by Crippen LogP contribution is -2.61. The Morgan fingerprint density at radius 1 is 0.844 bits per heavy atom. The van der Waals surface area contributed by atoms with E-state index in [2.05, 4.69) is 0 Å². The number of hydrogen-bond donors (Lipinski definition) is 1. The molecule has 2 aliphatic rings. The molecule has 6 heteroatoms. The van der Waals surface area contributed by atoms with Gasteiger partial charge < -0.3 is 24.1 Å². The molecule has 2 heterocycles. The summed E-state index contributed by atoms with van der Waals surface area (Å²) in [6.07, 6.45) is -2.71. The zero-order valence-electron chi connectivity index (χ0n) is 17.5. The Kier molecular flexibility index (Phi) is 6.88. The summed E-state index contributed by atoms with van der Waals surface area (Å²) in [5.74, 6) is 0. The summed E-state index contributed by atoms with van der Waals surface area (Å²) in [5.41, 5.74) is 1.49. The van der Waals surface area contributed by atoms with Crippen molar-refractivity contribution < 1.29 is 24.1 Å². The first-order chi connectivity index (χ1) is 15.8. The lowest BCUT2D eigenvalue weighted by molar-refractivity contribution is -0.325. The first-order valence-corrected chi connectivity index (χ1v) is 11.7. The van der Waals surface area contributed by atoms with E-state index >= 15 is 0 Å². The van der Waals surface area contributed by atoms with Crippen LogP contribution in [0.2, 0.25) is 0 Å². The van der Waals surface area contributed by atoms with E-state index in [1.807, 2.05) is 91.0 Å². The normalized spacial score (nSPS) is 29.9. The highest BCUT2D eigenvalue weighted by Gasteiger charge is 2.50. The topological polar surface area (TPSA) is 57.2 Å². The number of fused-ring (bicyclic) bond motifs is 1. The third kappa shape index (κ3) is 4.91. The van der Waals surface area contributed by atoms with Gasteiger partial charge in [-0.2, -0.15) is 0 Å². The third-order valence-corrected chi connectivity index (χ3v) is 6.83. The van der Waals surface area contributed by atoms with Crippen LogP contribution < -0.4 is 0 Å². The molecular formula is C26H26O5S. The fourth-order valence-corrected chi connectivity index (χ4v) is 5.11. The number of hydrogen-bond acceptors (Lipinski definition) is 6. The number of aliphatic hydroxyl groups excluding tert-OH is 1. The monoisotopic (exact) mass is 450 g/mol. The second-order valence-corrected chi connectivity index (χ2v) is 9.07. The van der Waals surface area contributed by atoms with Crippen molar-refractivity contribution in [1.29, 1.82) is 0 Å². The van der Waals surface area contributed by atoms with Crippen LogP contribution in [0.4, 0.5) is 0 Å². The van der Waals surface area contributed by atoms with Crippen LogP contribution in [-0.2, 0) is 25.6 Å². The summed E-state index contributed by atoms with van der Waals surface area (Å²) >= 11 is 1.49. The molecule has 0 radical (unpaired) electrons. The van der Waals surface area contributed by atoms with Crippen molar-refractivity contribution in [1.82, 2.24) is 0 Å². The highest BCUT2D eigenvalue weighted by atomic mass is 32.2. The minimum Gasteiger partial charge on any atom is -0.387 e. The van der Waals surface area contributed by atoms with Gasteiger partial charge in [0.15, 0.2) is 6.29 Å². The Hall–Kier alpha value is -2.19. The Morgan fingerprint density at radius 2 is 1.50 bits per heavy atom. The molecule has 5 rings (SSSR count). The number of aliphatic hydroxyl groups is 1. The molecule has 2 saturated heterocycles. The second-order valence-electron chi connectivity index (χ2n) is 7.90. The van der Waals surface area contributed by atoms with E-state index in [-0.39, 0.29) is 6.10 Å². The van der Waals surface area contributed by atoms with Crippen LogP contribution in [0, 0.1) is 0 Å². The van der Waals surface area contributed by atoms with Crippen molar-refractivity contribution in [2.45, 2.75) is 47.6 Å². The second kappa shape index (κ2) is 10.2. The zero-order valence-corrected chi connectivity index (χ0v) is 18.3. The van der Waals surface area contributed by atoms with E-state index < -0.39 is 30.0 Å². The van der Waals surface area contributed by atoms with Gasteiger partial charge in [-0.1, -0.05) is 90.6 Å². The van der Waals surface area contributed by atoms with E-state index in [0.29, 0.717) is 13.2 Å². The Morgan fingerprint density at radius 3 is 2.22 bits per heavy atom. The summed E-state index contributed by atoms with van der Waals surface area (Å²) < 4.78 is 24.8. The molecule has 3 aromatic carbocycles. The van der Waals surface area contributed by atoms with Crippen molar-refractivity contribution in [3.8, 4) is 0 Å². The SMILES string of the molecule is O[C@@H]1[C@@H](OCc2ccccc2)[C@@H]2OC(c3ccccc3)OC[C@H]2O[C@H]1Sc1ccccc1. The average molecular weight is 451 g/mol. The standard InChI is InChI=1S/C26H26O5S/c27-22-24(28-16-18-10-4-1-5-11-18)23-21(30-26(22)32-20-14-8-3-9-15-20)17-29-25(31-23)19-12-6-2-7-13-19/h1-15,21-27H,16-17H2/t21-,22-,23-,24-,25?,26+/m1/s1. The highest BCUT2D eigenvalue weighted by molar-refractivity contribution is 7.99. The Labute approximate surface area is 192 Å². The molecule has 0 bridgehead atoms. The molecule has 2 fully saturated rings. The van der Waals surface area contributed by atoms with E-state index in [1.54, 1.807) is 0 Å². The van der Waals surface area contributed by atoms with Crippen LogP contribution >= 0.6 is 11.8 Å². The van der Waals surface area contributed by atoms with Gasteiger partial charge in [0.1, 0.15) is 29.9 Å². The molecule has 1 unspecified atom stereocenters. The molecule has 6 atom stereocenters. The van der Waals surface area contributed by atoms with Gasteiger partial charge >= 0.3 is 0 Å². The van der Waals surface area contributed by atoms with E-state index in [1.165, 1.54) is 11.8 Å². The van der Waals surface area contributed by atoms with E-state index in [9.17, 15) is 5.11 Å². The van der Waals surface area contributed by atoms with Crippen LogP contribution in [0.5, 0.6) is 0 Å². The lowest BCUT2D eigenvalue weighted by atomic mass is 9.98. The maximum Gasteiger partial charge on any atom is 0.184 e. The molecule has 2 aliphatic heterocycles. The van der Waals surface area contributed by atoms with Gasteiger partial charge in [0.2, 0.25) is 0 Å². The zero-order chi connectivity index (χ0) is 21.8. The van der Waals surface area contributed by atoms with Crippen molar-refractivity contribution in [3.63, 3.8) is 0 Å². The first-order valence-electron chi connectivity index (χ1n) is 10.8. The molecule has 3 aromatic rings. The number of thioether (sulfide) groups is 1. The third-order valence-electron chi connectivity index (χ3n) is 5.66. The van der Waals surface area contributed by atoms with Crippen LogP contribution in [0.15, 0.2) is 95.9 Å². The van der Waals surface area contributed by atoms with Crippen molar-refractivity contribution in [2.24, 2.45) is 0 Å². The van der Waals surface area contributed by atoms with Crippen molar-refractivity contribution in [3.05, 3.63) is 102 Å². The van der Waals surface area contributed by atoms with Gasteiger partial charge in [0, 0.05) is 10.5 Å². The van der Waals surface area contributed by atoms with Gasteiger partial charge in [-0.15, -0.1) is 0 Å². The summed E-state index contributed by atoms with van der Waals surface area (Å²) in [5, 5.41) is 11.3. The van der Waals surface area contributed by atoms with Crippen molar-refractivity contribution in [2.75, 3.05) is 6.61 Å².